The van der Waals surface area contributed by atoms with Gasteiger partial charge in [0.05, 0.1) is 6.61 Å². The maximum atomic E-state index is 5.43. The highest BCUT2D eigenvalue weighted by Gasteiger charge is 2.16. The van der Waals surface area contributed by atoms with E-state index in [0.717, 1.165) is 44.0 Å². The number of rotatable bonds is 5. The second-order valence-electron chi connectivity index (χ2n) is 4.16. The van der Waals surface area contributed by atoms with Crippen molar-refractivity contribution in [1.82, 2.24) is 9.97 Å². The van der Waals surface area contributed by atoms with Gasteiger partial charge in [-0.25, -0.2) is 15.8 Å². The summed E-state index contributed by atoms with van der Waals surface area (Å²) in [6.07, 6.45) is 3.47. The molecule has 0 radical (unpaired) electrons. The van der Waals surface area contributed by atoms with Crippen LogP contribution in [-0.4, -0.2) is 29.7 Å². The van der Waals surface area contributed by atoms with Crippen molar-refractivity contribution in [3.05, 3.63) is 11.9 Å². The summed E-state index contributed by atoms with van der Waals surface area (Å²) in [6.45, 7) is 4.64. The molecule has 0 bridgehead atoms. The first-order chi connectivity index (χ1) is 8.35. The summed E-state index contributed by atoms with van der Waals surface area (Å²) in [5.74, 6) is 7.55. The van der Waals surface area contributed by atoms with E-state index < -0.39 is 0 Å². The third kappa shape index (κ3) is 2.83. The zero-order valence-corrected chi connectivity index (χ0v) is 10.1. The topological polar surface area (TPSA) is 85.1 Å². The van der Waals surface area contributed by atoms with Gasteiger partial charge in [0, 0.05) is 24.6 Å². The fourth-order valence-corrected chi connectivity index (χ4v) is 2.01. The summed E-state index contributed by atoms with van der Waals surface area (Å²) >= 11 is 0. The number of nitrogens with two attached hydrogens (primary N) is 1. The maximum Gasteiger partial charge on any atom is 0.148 e. The highest BCUT2D eigenvalue weighted by Crippen LogP contribution is 2.20. The van der Waals surface area contributed by atoms with Gasteiger partial charge in [-0.15, -0.1) is 0 Å². The standard InChI is InChI=1S/C11H19N5O/c1-2-9-10(14-7-15-11(9)16-12)13-5-8-3-4-17-6-8/h7-8H,2-6,12H2,1H3,(H2,13,14,15,16). The lowest BCUT2D eigenvalue weighted by Crippen LogP contribution is -2.18. The number of nitrogens with one attached hydrogen (secondary N) is 2. The van der Waals surface area contributed by atoms with Crippen LogP contribution in [0.4, 0.5) is 11.6 Å². The third-order valence-electron chi connectivity index (χ3n) is 3.02. The molecular weight excluding hydrogens is 218 g/mol. The molecule has 0 amide bonds. The van der Waals surface area contributed by atoms with Gasteiger partial charge in [-0.2, -0.15) is 0 Å². The first-order valence-corrected chi connectivity index (χ1v) is 5.97. The smallest absolute Gasteiger partial charge is 0.148 e. The Morgan fingerprint density at radius 3 is 2.94 bits per heavy atom. The SMILES string of the molecule is CCc1c(NN)ncnc1NCC1CCOC1. The summed E-state index contributed by atoms with van der Waals surface area (Å²) in [4.78, 5) is 8.36. The van der Waals surface area contributed by atoms with E-state index in [4.69, 9.17) is 10.6 Å². The number of hydrogen-bond donors (Lipinski definition) is 3. The monoisotopic (exact) mass is 237 g/mol. The number of nitrogen functional groups attached to an aromatic ring is 1. The average molecular weight is 237 g/mol. The molecule has 17 heavy (non-hydrogen) atoms. The Kier molecular flexibility index (Phi) is 4.11. The van der Waals surface area contributed by atoms with Crippen molar-refractivity contribution in [3.8, 4) is 0 Å². The molecule has 1 aromatic heterocycles. The second-order valence-corrected chi connectivity index (χ2v) is 4.16. The minimum Gasteiger partial charge on any atom is -0.381 e. The van der Waals surface area contributed by atoms with Crippen molar-refractivity contribution < 1.29 is 4.74 Å². The zero-order chi connectivity index (χ0) is 12.1. The highest BCUT2D eigenvalue weighted by atomic mass is 16.5. The lowest BCUT2D eigenvalue weighted by molar-refractivity contribution is 0.187. The lowest BCUT2D eigenvalue weighted by Gasteiger charge is -2.14. The largest absolute Gasteiger partial charge is 0.381 e. The third-order valence-corrected chi connectivity index (χ3v) is 3.02. The van der Waals surface area contributed by atoms with E-state index in [9.17, 15) is 0 Å². The molecule has 1 saturated heterocycles. The number of hydrogen-bond acceptors (Lipinski definition) is 6. The van der Waals surface area contributed by atoms with Gasteiger partial charge in [-0.1, -0.05) is 6.92 Å². The van der Waals surface area contributed by atoms with Gasteiger partial charge in [0.2, 0.25) is 0 Å². The summed E-state index contributed by atoms with van der Waals surface area (Å²) in [5.41, 5.74) is 3.62. The van der Waals surface area contributed by atoms with Crippen LogP contribution >= 0.6 is 0 Å². The number of nitrogens with zero attached hydrogens (tertiary/aromatic N) is 2. The van der Waals surface area contributed by atoms with Crippen LogP contribution in [0.5, 0.6) is 0 Å². The molecule has 0 aromatic carbocycles. The Hall–Kier alpha value is -1.40. The molecule has 1 aliphatic rings. The number of aromatic nitrogens is 2. The van der Waals surface area contributed by atoms with Gasteiger partial charge in [0.25, 0.3) is 0 Å². The zero-order valence-electron chi connectivity index (χ0n) is 10.1. The van der Waals surface area contributed by atoms with Gasteiger partial charge in [0.1, 0.15) is 18.0 Å². The minimum absolute atomic E-state index is 0.573. The van der Waals surface area contributed by atoms with E-state index in [-0.39, 0.29) is 0 Å². The Bertz CT molecular complexity index is 365. The molecule has 2 rings (SSSR count). The molecule has 4 N–H and O–H groups in total. The molecule has 1 aliphatic heterocycles. The Morgan fingerprint density at radius 1 is 1.47 bits per heavy atom. The molecule has 1 unspecified atom stereocenters. The van der Waals surface area contributed by atoms with E-state index in [0.29, 0.717) is 11.7 Å². The molecule has 94 valence electrons. The van der Waals surface area contributed by atoms with Gasteiger partial charge in [-0.05, 0) is 12.8 Å². The number of anilines is 2. The van der Waals surface area contributed by atoms with Crippen LogP contribution in [0.1, 0.15) is 18.9 Å². The van der Waals surface area contributed by atoms with E-state index >= 15 is 0 Å². The summed E-state index contributed by atoms with van der Waals surface area (Å²) < 4.78 is 5.34. The highest BCUT2D eigenvalue weighted by molar-refractivity contribution is 5.56. The molecule has 1 fully saturated rings. The summed E-state index contributed by atoms with van der Waals surface area (Å²) in [7, 11) is 0. The van der Waals surface area contributed by atoms with Crippen molar-refractivity contribution in [2.45, 2.75) is 19.8 Å². The average Bonchev–Trinajstić information content (AvgIpc) is 2.88. The molecule has 2 heterocycles. The Balaban J connectivity index is 2.03. The normalized spacial score (nSPS) is 19.3. The fraction of sp³-hybridized carbons (Fsp3) is 0.636. The van der Waals surface area contributed by atoms with Crippen LogP contribution < -0.4 is 16.6 Å². The van der Waals surface area contributed by atoms with Gasteiger partial charge in [0.15, 0.2) is 0 Å². The molecule has 0 spiro atoms. The second kappa shape index (κ2) is 5.79. The molecule has 6 heteroatoms. The van der Waals surface area contributed by atoms with Crippen molar-refractivity contribution in [2.24, 2.45) is 11.8 Å². The van der Waals surface area contributed by atoms with Crippen LogP contribution in [0, 0.1) is 5.92 Å². The summed E-state index contributed by atoms with van der Waals surface area (Å²) in [5, 5.41) is 3.35. The predicted octanol–water partition coefficient (Wildman–Crippen LogP) is 0.773. The first kappa shape index (κ1) is 12.1. The molecule has 1 atom stereocenters. The van der Waals surface area contributed by atoms with Gasteiger partial charge in [-0.3, -0.25) is 0 Å². The van der Waals surface area contributed by atoms with E-state index in [1.54, 1.807) is 0 Å². The van der Waals surface area contributed by atoms with Crippen LogP contribution in [0.15, 0.2) is 6.33 Å². The van der Waals surface area contributed by atoms with Crippen LogP contribution in [0.2, 0.25) is 0 Å². The lowest BCUT2D eigenvalue weighted by atomic mass is 10.1. The molecule has 0 saturated carbocycles. The maximum absolute atomic E-state index is 5.43. The van der Waals surface area contributed by atoms with Crippen molar-refractivity contribution >= 4 is 11.6 Å². The van der Waals surface area contributed by atoms with Gasteiger partial charge >= 0.3 is 0 Å². The molecule has 1 aromatic rings. The van der Waals surface area contributed by atoms with E-state index in [2.05, 4.69) is 27.6 Å². The molecule has 0 aliphatic carbocycles. The van der Waals surface area contributed by atoms with Crippen LogP contribution in [0.25, 0.3) is 0 Å². The van der Waals surface area contributed by atoms with Crippen LogP contribution in [-0.2, 0) is 11.2 Å². The first-order valence-electron chi connectivity index (χ1n) is 5.97. The quantitative estimate of drug-likeness (QED) is 0.518. The minimum atomic E-state index is 0.573. The van der Waals surface area contributed by atoms with E-state index in [1.165, 1.54) is 6.33 Å². The molecule has 6 nitrogen and oxygen atoms in total. The van der Waals surface area contributed by atoms with Crippen molar-refractivity contribution in [3.63, 3.8) is 0 Å². The Morgan fingerprint density at radius 2 is 2.29 bits per heavy atom. The predicted molar refractivity (Wildman–Crippen MR) is 66.6 cm³/mol. The summed E-state index contributed by atoms with van der Waals surface area (Å²) in [6, 6.07) is 0. The number of hydrazine groups is 1. The van der Waals surface area contributed by atoms with Crippen LogP contribution in [0.3, 0.4) is 0 Å². The van der Waals surface area contributed by atoms with Gasteiger partial charge < -0.3 is 15.5 Å². The Labute approximate surface area is 101 Å². The van der Waals surface area contributed by atoms with Crippen molar-refractivity contribution in [1.29, 1.82) is 0 Å². The van der Waals surface area contributed by atoms with E-state index in [1.807, 2.05) is 0 Å². The molecular formula is C11H19N5O. The van der Waals surface area contributed by atoms with Crippen molar-refractivity contribution in [2.75, 3.05) is 30.5 Å². The number of ether oxygens (including phenoxy) is 1. The fourth-order valence-electron chi connectivity index (χ4n) is 2.01.